The Morgan fingerprint density at radius 3 is 2.78 bits per heavy atom. The molecule has 0 unspecified atom stereocenters. The van der Waals surface area contributed by atoms with Crippen LogP contribution < -0.4 is 5.32 Å². The fourth-order valence-corrected chi connectivity index (χ4v) is 1.78. The molecule has 1 fully saturated rings. The molecule has 1 aromatic carbocycles. The average Bonchev–Trinajstić information content (AvgIpc) is 2.67. The molecule has 1 heterocycles. The first-order chi connectivity index (χ1) is 8.65. The number of amides is 1. The molecule has 0 spiro atoms. The molecule has 1 N–H and O–H groups in total. The van der Waals surface area contributed by atoms with Gasteiger partial charge in [-0.15, -0.1) is 0 Å². The Hall–Kier alpha value is -2.04. The van der Waals surface area contributed by atoms with Crippen LogP contribution in [-0.2, 0) is 20.9 Å². The van der Waals surface area contributed by atoms with Crippen LogP contribution >= 0.6 is 0 Å². The number of carbonyl (C=O) groups excluding carboxylic acids is 2. The highest BCUT2D eigenvalue weighted by Gasteiger charge is 2.33. The maximum Gasteiger partial charge on any atom is 0.408 e. The Morgan fingerprint density at radius 1 is 1.44 bits per heavy atom. The lowest BCUT2D eigenvalue weighted by molar-refractivity contribution is -0.142. The van der Waals surface area contributed by atoms with E-state index >= 15 is 0 Å². The zero-order valence-electron chi connectivity index (χ0n) is 10.1. The minimum absolute atomic E-state index is 0.156. The van der Waals surface area contributed by atoms with Crippen molar-refractivity contribution in [2.75, 3.05) is 0 Å². The number of hydrogen-bond donors (Lipinski definition) is 1. The van der Waals surface area contributed by atoms with Gasteiger partial charge in [-0.1, -0.05) is 30.3 Å². The molecule has 1 aliphatic rings. The van der Waals surface area contributed by atoms with Gasteiger partial charge in [-0.2, -0.15) is 0 Å². The number of cyclic esters (lactones) is 1. The van der Waals surface area contributed by atoms with Gasteiger partial charge in [0.1, 0.15) is 18.8 Å². The summed E-state index contributed by atoms with van der Waals surface area (Å²) in [5, 5.41) is 2.49. The summed E-state index contributed by atoms with van der Waals surface area (Å²) in [6.45, 7) is 1.97. The lowest BCUT2D eigenvalue weighted by Crippen LogP contribution is -2.38. The van der Waals surface area contributed by atoms with Crippen LogP contribution in [0.4, 0.5) is 4.79 Å². The van der Waals surface area contributed by atoms with Crippen molar-refractivity contribution in [3.05, 3.63) is 35.9 Å². The zero-order chi connectivity index (χ0) is 13.0. The van der Waals surface area contributed by atoms with Crippen LogP contribution in [0.15, 0.2) is 30.3 Å². The SMILES string of the molecule is C[C@@H]1C[C@@H](NC(=O)OCc2ccccc2)C(=O)O1. The van der Waals surface area contributed by atoms with Gasteiger partial charge < -0.3 is 14.8 Å². The van der Waals surface area contributed by atoms with Crippen LogP contribution in [-0.4, -0.2) is 24.2 Å². The topological polar surface area (TPSA) is 64.6 Å². The molecule has 18 heavy (non-hydrogen) atoms. The molecule has 0 aliphatic carbocycles. The normalized spacial score (nSPS) is 22.4. The molecule has 1 aromatic rings. The number of nitrogens with one attached hydrogen (secondary N) is 1. The van der Waals surface area contributed by atoms with Crippen LogP contribution in [0.1, 0.15) is 18.9 Å². The lowest BCUT2D eigenvalue weighted by atomic mass is 10.2. The van der Waals surface area contributed by atoms with Gasteiger partial charge in [0.15, 0.2) is 0 Å². The molecule has 0 radical (unpaired) electrons. The van der Waals surface area contributed by atoms with Crippen LogP contribution in [0.5, 0.6) is 0 Å². The van der Waals surface area contributed by atoms with Crippen LogP contribution in [0.25, 0.3) is 0 Å². The zero-order valence-corrected chi connectivity index (χ0v) is 10.1. The highest BCUT2D eigenvalue weighted by atomic mass is 16.6. The second-order valence-electron chi connectivity index (χ2n) is 4.24. The Bertz CT molecular complexity index is 432. The molecule has 0 aromatic heterocycles. The van der Waals surface area contributed by atoms with Crippen molar-refractivity contribution >= 4 is 12.1 Å². The van der Waals surface area contributed by atoms with Gasteiger partial charge in [-0.05, 0) is 12.5 Å². The van der Waals surface area contributed by atoms with E-state index in [1.54, 1.807) is 6.92 Å². The van der Waals surface area contributed by atoms with Crippen LogP contribution in [0.2, 0.25) is 0 Å². The number of alkyl carbamates (subject to hydrolysis) is 1. The predicted octanol–water partition coefficient (Wildman–Crippen LogP) is 1.62. The summed E-state index contributed by atoms with van der Waals surface area (Å²) in [5.41, 5.74) is 0.898. The Balaban J connectivity index is 1.77. The van der Waals surface area contributed by atoms with Gasteiger partial charge in [0, 0.05) is 6.42 Å². The maximum atomic E-state index is 11.5. The van der Waals surface area contributed by atoms with E-state index in [1.165, 1.54) is 0 Å². The van der Waals surface area contributed by atoms with Crippen LogP contribution in [0, 0.1) is 0 Å². The number of carbonyl (C=O) groups is 2. The monoisotopic (exact) mass is 249 g/mol. The van der Waals surface area contributed by atoms with Crippen molar-refractivity contribution in [3.63, 3.8) is 0 Å². The van der Waals surface area contributed by atoms with E-state index in [2.05, 4.69) is 5.32 Å². The van der Waals surface area contributed by atoms with Crippen molar-refractivity contribution in [3.8, 4) is 0 Å². The minimum atomic E-state index is -0.602. The largest absolute Gasteiger partial charge is 0.461 e. The molecule has 5 heteroatoms. The Kier molecular flexibility index (Phi) is 3.82. The van der Waals surface area contributed by atoms with Crippen molar-refractivity contribution < 1.29 is 19.1 Å². The molecule has 2 atom stereocenters. The molecule has 5 nitrogen and oxygen atoms in total. The molecular formula is C13H15NO4. The van der Waals surface area contributed by atoms with Gasteiger partial charge in [0.25, 0.3) is 0 Å². The molecule has 0 bridgehead atoms. The molecule has 96 valence electrons. The average molecular weight is 249 g/mol. The summed E-state index contributed by atoms with van der Waals surface area (Å²) in [4.78, 5) is 22.8. The third-order valence-electron chi connectivity index (χ3n) is 2.67. The molecule has 2 rings (SSSR count). The summed E-state index contributed by atoms with van der Waals surface area (Å²) in [5.74, 6) is -0.404. The van der Waals surface area contributed by atoms with Gasteiger partial charge in [0.2, 0.25) is 0 Å². The maximum absolute atomic E-state index is 11.5. The molecule has 1 amide bonds. The summed E-state index contributed by atoms with van der Waals surface area (Å²) in [6.07, 6.45) is -0.272. The van der Waals surface area contributed by atoms with E-state index in [-0.39, 0.29) is 12.7 Å². The number of benzene rings is 1. The van der Waals surface area contributed by atoms with Gasteiger partial charge in [-0.3, -0.25) is 0 Å². The summed E-state index contributed by atoms with van der Waals surface area (Å²) in [6, 6.07) is 8.75. The molecule has 1 saturated heterocycles. The Morgan fingerprint density at radius 2 is 2.17 bits per heavy atom. The Labute approximate surface area is 105 Å². The van der Waals surface area contributed by atoms with Crippen molar-refractivity contribution in [1.82, 2.24) is 5.32 Å². The number of esters is 1. The highest BCUT2D eigenvalue weighted by molar-refractivity contribution is 5.82. The van der Waals surface area contributed by atoms with E-state index in [4.69, 9.17) is 9.47 Å². The fourth-order valence-electron chi connectivity index (χ4n) is 1.78. The van der Waals surface area contributed by atoms with E-state index in [0.717, 1.165) is 5.56 Å². The van der Waals surface area contributed by atoms with Gasteiger partial charge in [-0.25, -0.2) is 9.59 Å². The van der Waals surface area contributed by atoms with E-state index in [1.807, 2.05) is 30.3 Å². The summed E-state index contributed by atoms with van der Waals surface area (Å²) in [7, 11) is 0. The van der Waals surface area contributed by atoms with Gasteiger partial charge >= 0.3 is 12.1 Å². The molecule has 0 saturated carbocycles. The first kappa shape index (κ1) is 12.4. The van der Waals surface area contributed by atoms with Crippen molar-refractivity contribution in [2.45, 2.75) is 32.1 Å². The minimum Gasteiger partial charge on any atom is -0.461 e. The molecular weight excluding hydrogens is 234 g/mol. The van der Waals surface area contributed by atoms with Crippen LogP contribution in [0.3, 0.4) is 0 Å². The first-order valence-corrected chi connectivity index (χ1v) is 5.83. The van der Waals surface area contributed by atoms with Crippen molar-refractivity contribution in [2.24, 2.45) is 0 Å². The van der Waals surface area contributed by atoms with Crippen molar-refractivity contribution in [1.29, 1.82) is 0 Å². The quantitative estimate of drug-likeness (QED) is 0.827. The first-order valence-electron chi connectivity index (χ1n) is 5.83. The molecule has 1 aliphatic heterocycles. The predicted molar refractivity (Wildman–Crippen MR) is 63.7 cm³/mol. The van der Waals surface area contributed by atoms with E-state index in [0.29, 0.717) is 6.42 Å². The second kappa shape index (κ2) is 5.53. The smallest absolute Gasteiger partial charge is 0.408 e. The van der Waals surface area contributed by atoms with E-state index < -0.39 is 18.1 Å². The summed E-state index contributed by atoms with van der Waals surface area (Å²) >= 11 is 0. The number of ether oxygens (including phenoxy) is 2. The second-order valence-corrected chi connectivity index (χ2v) is 4.24. The van der Waals surface area contributed by atoms with E-state index in [9.17, 15) is 9.59 Å². The van der Waals surface area contributed by atoms with Gasteiger partial charge in [0.05, 0.1) is 0 Å². The third kappa shape index (κ3) is 3.23. The third-order valence-corrected chi connectivity index (χ3v) is 2.67. The highest BCUT2D eigenvalue weighted by Crippen LogP contribution is 2.14. The number of hydrogen-bond acceptors (Lipinski definition) is 4. The standard InChI is InChI=1S/C13H15NO4/c1-9-7-11(12(15)18-9)14-13(16)17-8-10-5-3-2-4-6-10/h2-6,9,11H,7-8H2,1H3,(H,14,16)/t9-,11-/m1/s1. The fraction of sp³-hybridized carbons (Fsp3) is 0.385. The lowest BCUT2D eigenvalue weighted by Gasteiger charge is -2.09. The number of rotatable bonds is 3. The summed E-state index contributed by atoms with van der Waals surface area (Å²) < 4.78 is 9.94.